The molecule has 6 nitrogen and oxygen atoms in total. The van der Waals surface area contributed by atoms with Crippen molar-refractivity contribution >= 4 is 15.9 Å². The van der Waals surface area contributed by atoms with Crippen LogP contribution >= 0.6 is 0 Å². The Bertz CT molecular complexity index is 566. The number of benzene rings is 1. The van der Waals surface area contributed by atoms with Crippen molar-refractivity contribution in [3.63, 3.8) is 0 Å². The van der Waals surface area contributed by atoms with Crippen LogP contribution in [0, 0.1) is 0 Å². The lowest BCUT2D eigenvalue weighted by molar-refractivity contribution is -0.137. The van der Waals surface area contributed by atoms with Gasteiger partial charge in [0.15, 0.2) is 0 Å². The van der Waals surface area contributed by atoms with Gasteiger partial charge in [0.25, 0.3) is 0 Å². The van der Waals surface area contributed by atoms with E-state index in [1.54, 1.807) is 35.2 Å². The standard InChI is InChI=1S/C14H20N2O4S/c1-2-20-12-14(17)15-8-10-16(11-9-15)21(18,19)13-6-4-3-5-7-13/h3-7H,2,8-12H2,1H3. The summed E-state index contributed by atoms with van der Waals surface area (Å²) in [7, 11) is -3.46. The Hall–Kier alpha value is -1.44. The average molecular weight is 312 g/mol. The van der Waals surface area contributed by atoms with Crippen molar-refractivity contribution in [1.82, 2.24) is 9.21 Å². The van der Waals surface area contributed by atoms with Crippen LogP contribution in [0.2, 0.25) is 0 Å². The maximum atomic E-state index is 12.4. The molecule has 1 aliphatic heterocycles. The lowest BCUT2D eigenvalue weighted by atomic mass is 10.3. The second kappa shape index (κ2) is 7.02. The predicted molar refractivity (Wildman–Crippen MR) is 78.3 cm³/mol. The molecule has 7 heteroatoms. The van der Waals surface area contributed by atoms with Crippen molar-refractivity contribution in [2.24, 2.45) is 0 Å². The molecule has 1 aromatic carbocycles. The minimum Gasteiger partial charge on any atom is -0.372 e. The maximum Gasteiger partial charge on any atom is 0.248 e. The number of carbonyl (C=O) groups excluding carboxylic acids is 1. The summed E-state index contributed by atoms with van der Waals surface area (Å²) in [5.41, 5.74) is 0. The molecular formula is C14H20N2O4S. The van der Waals surface area contributed by atoms with Crippen molar-refractivity contribution < 1.29 is 17.9 Å². The molecule has 0 aromatic heterocycles. The van der Waals surface area contributed by atoms with E-state index in [0.717, 1.165) is 0 Å². The first-order chi connectivity index (χ1) is 10.1. The van der Waals surface area contributed by atoms with Crippen LogP contribution in [0.5, 0.6) is 0 Å². The molecule has 1 amide bonds. The van der Waals surface area contributed by atoms with Crippen molar-refractivity contribution in [3.05, 3.63) is 30.3 Å². The third kappa shape index (κ3) is 3.81. The number of amides is 1. The fraction of sp³-hybridized carbons (Fsp3) is 0.500. The molecule has 2 rings (SSSR count). The smallest absolute Gasteiger partial charge is 0.248 e. The lowest BCUT2D eigenvalue weighted by Crippen LogP contribution is -2.51. The number of hydrogen-bond acceptors (Lipinski definition) is 4. The highest BCUT2D eigenvalue weighted by atomic mass is 32.2. The highest BCUT2D eigenvalue weighted by Gasteiger charge is 2.29. The molecule has 1 aromatic rings. The quantitative estimate of drug-likeness (QED) is 0.796. The summed E-state index contributed by atoms with van der Waals surface area (Å²) in [6.45, 7) is 3.81. The molecule has 116 valence electrons. The minimum absolute atomic E-state index is 0.0575. The van der Waals surface area contributed by atoms with Crippen molar-refractivity contribution in [2.75, 3.05) is 39.4 Å². The average Bonchev–Trinajstić information content (AvgIpc) is 2.53. The zero-order valence-electron chi connectivity index (χ0n) is 12.1. The molecule has 0 spiro atoms. The summed E-state index contributed by atoms with van der Waals surface area (Å²) in [6, 6.07) is 8.36. The molecular weight excluding hydrogens is 292 g/mol. The van der Waals surface area contributed by atoms with E-state index in [1.165, 1.54) is 4.31 Å². The van der Waals surface area contributed by atoms with Gasteiger partial charge in [-0.15, -0.1) is 0 Å². The third-order valence-corrected chi connectivity index (χ3v) is 5.31. The van der Waals surface area contributed by atoms with E-state index >= 15 is 0 Å². The van der Waals surface area contributed by atoms with E-state index < -0.39 is 10.0 Å². The lowest BCUT2D eigenvalue weighted by Gasteiger charge is -2.33. The molecule has 1 fully saturated rings. The Morgan fingerprint density at radius 3 is 2.33 bits per heavy atom. The van der Waals surface area contributed by atoms with Gasteiger partial charge in [0, 0.05) is 32.8 Å². The topological polar surface area (TPSA) is 66.9 Å². The van der Waals surface area contributed by atoms with Gasteiger partial charge in [-0.3, -0.25) is 4.79 Å². The monoisotopic (exact) mass is 312 g/mol. The Labute approximate surface area is 125 Å². The van der Waals surface area contributed by atoms with Gasteiger partial charge in [0.2, 0.25) is 15.9 Å². The molecule has 0 N–H and O–H groups in total. The first-order valence-electron chi connectivity index (χ1n) is 6.96. The van der Waals surface area contributed by atoms with Crippen LogP contribution < -0.4 is 0 Å². The molecule has 1 aliphatic rings. The number of hydrogen-bond donors (Lipinski definition) is 0. The van der Waals surface area contributed by atoms with Crippen LogP contribution in [0.1, 0.15) is 6.92 Å². The molecule has 0 unspecified atom stereocenters. The molecule has 1 saturated heterocycles. The van der Waals surface area contributed by atoms with Gasteiger partial charge in [0.05, 0.1) is 4.90 Å². The number of sulfonamides is 1. The number of carbonyl (C=O) groups is 1. The van der Waals surface area contributed by atoms with E-state index in [1.807, 2.05) is 6.92 Å². The van der Waals surface area contributed by atoms with E-state index in [9.17, 15) is 13.2 Å². The van der Waals surface area contributed by atoms with E-state index in [0.29, 0.717) is 37.7 Å². The van der Waals surface area contributed by atoms with Crippen molar-refractivity contribution in [2.45, 2.75) is 11.8 Å². The summed E-state index contributed by atoms with van der Waals surface area (Å²) in [6.07, 6.45) is 0. The van der Waals surface area contributed by atoms with Gasteiger partial charge >= 0.3 is 0 Å². The van der Waals surface area contributed by atoms with Gasteiger partial charge in [-0.2, -0.15) is 4.31 Å². The molecule has 0 bridgehead atoms. The van der Waals surface area contributed by atoms with Crippen LogP contribution in [-0.2, 0) is 19.6 Å². The Balaban J connectivity index is 1.96. The minimum atomic E-state index is -3.46. The SMILES string of the molecule is CCOCC(=O)N1CCN(S(=O)(=O)c2ccccc2)CC1. The summed E-state index contributed by atoms with van der Waals surface area (Å²) in [4.78, 5) is 13.8. The summed E-state index contributed by atoms with van der Waals surface area (Å²) >= 11 is 0. The second-order valence-corrected chi connectivity index (χ2v) is 6.67. The Kier molecular flexibility index (Phi) is 5.33. The summed E-state index contributed by atoms with van der Waals surface area (Å²) in [5.74, 6) is -0.0893. The summed E-state index contributed by atoms with van der Waals surface area (Å²) < 4.78 is 31.4. The van der Waals surface area contributed by atoms with Gasteiger partial charge in [0.1, 0.15) is 6.61 Å². The van der Waals surface area contributed by atoms with Gasteiger partial charge in [-0.05, 0) is 19.1 Å². The molecule has 21 heavy (non-hydrogen) atoms. The van der Waals surface area contributed by atoms with E-state index in [-0.39, 0.29) is 12.5 Å². The normalized spacial score (nSPS) is 16.9. The van der Waals surface area contributed by atoms with Crippen LogP contribution in [0.4, 0.5) is 0 Å². The van der Waals surface area contributed by atoms with Crippen LogP contribution in [0.3, 0.4) is 0 Å². The van der Waals surface area contributed by atoms with Crippen LogP contribution in [0.25, 0.3) is 0 Å². The van der Waals surface area contributed by atoms with Gasteiger partial charge < -0.3 is 9.64 Å². The number of piperazine rings is 1. The molecule has 0 atom stereocenters. The highest BCUT2D eigenvalue weighted by Crippen LogP contribution is 2.17. The zero-order valence-corrected chi connectivity index (χ0v) is 12.9. The highest BCUT2D eigenvalue weighted by molar-refractivity contribution is 7.89. The third-order valence-electron chi connectivity index (χ3n) is 3.40. The predicted octanol–water partition coefficient (Wildman–Crippen LogP) is 0.556. The Morgan fingerprint density at radius 2 is 1.76 bits per heavy atom. The molecule has 0 saturated carbocycles. The molecule has 0 aliphatic carbocycles. The summed E-state index contributed by atoms with van der Waals surface area (Å²) in [5, 5.41) is 0. The fourth-order valence-corrected chi connectivity index (χ4v) is 3.64. The van der Waals surface area contributed by atoms with E-state index in [2.05, 4.69) is 0 Å². The van der Waals surface area contributed by atoms with Gasteiger partial charge in [-0.25, -0.2) is 8.42 Å². The van der Waals surface area contributed by atoms with E-state index in [4.69, 9.17) is 4.74 Å². The van der Waals surface area contributed by atoms with Crippen LogP contribution in [-0.4, -0.2) is 62.9 Å². The Morgan fingerprint density at radius 1 is 1.14 bits per heavy atom. The first-order valence-corrected chi connectivity index (χ1v) is 8.40. The largest absolute Gasteiger partial charge is 0.372 e. The molecule has 1 heterocycles. The van der Waals surface area contributed by atoms with Gasteiger partial charge in [-0.1, -0.05) is 18.2 Å². The second-order valence-electron chi connectivity index (χ2n) is 4.74. The maximum absolute atomic E-state index is 12.4. The fourth-order valence-electron chi connectivity index (χ4n) is 2.20. The van der Waals surface area contributed by atoms with Crippen molar-refractivity contribution in [1.29, 1.82) is 0 Å². The number of rotatable bonds is 5. The number of ether oxygens (including phenoxy) is 1. The number of nitrogens with zero attached hydrogens (tertiary/aromatic N) is 2. The van der Waals surface area contributed by atoms with Crippen molar-refractivity contribution in [3.8, 4) is 0 Å². The zero-order chi connectivity index (χ0) is 15.3. The first kappa shape index (κ1) is 15.9. The van der Waals surface area contributed by atoms with Crippen LogP contribution in [0.15, 0.2) is 35.2 Å². The molecule has 0 radical (unpaired) electrons.